The number of piperidine rings is 1. The van der Waals surface area contributed by atoms with Gasteiger partial charge >= 0.3 is 6.18 Å². The summed E-state index contributed by atoms with van der Waals surface area (Å²) in [4.78, 5) is 18.3. The number of nitrogens with one attached hydrogen (secondary N) is 1. The number of anilines is 1. The van der Waals surface area contributed by atoms with Crippen molar-refractivity contribution in [3.63, 3.8) is 0 Å². The molecule has 0 aliphatic carbocycles. The number of rotatable bonds is 5. The SMILES string of the molecule is C[C@@H]1CC(F)(F)CN(C(=O)c2nn(C)cc2-c2ccccc2F)C1CNc1ccc(C(F)(F)F)cn1. The Bertz CT molecular complexity index is 1240. The molecule has 36 heavy (non-hydrogen) atoms. The first-order chi connectivity index (χ1) is 16.9. The van der Waals surface area contributed by atoms with Crippen LogP contribution in [0.2, 0.25) is 0 Å². The predicted molar refractivity (Wildman–Crippen MR) is 120 cm³/mol. The highest BCUT2D eigenvalue weighted by Gasteiger charge is 2.47. The second-order valence-corrected chi connectivity index (χ2v) is 8.89. The van der Waals surface area contributed by atoms with E-state index in [1.165, 1.54) is 36.1 Å². The van der Waals surface area contributed by atoms with Crippen LogP contribution in [0.15, 0.2) is 48.8 Å². The number of alkyl halides is 5. The van der Waals surface area contributed by atoms with Crippen molar-refractivity contribution in [2.24, 2.45) is 13.0 Å². The number of carbonyl (C=O) groups is 1. The number of likely N-dealkylation sites (tertiary alicyclic amines) is 1. The third-order valence-corrected chi connectivity index (χ3v) is 6.12. The van der Waals surface area contributed by atoms with Crippen LogP contribution in [-0.2, 0) is 13.2 Å². The number of carbonyl (C=O) groups excluding carboxylic acids is 1. The topological polar surface area (TPSA) is 63.1 Å². The van der Waals surface area contributed by atoms with Crippen LogP contribution < -0.4 is 5.32 Å². The average Bonchev–Trinajstić information content (AvgIpc) is 3.18. The van der Waals surface area contributed by atoms with Gasteiger partial charge in [-0.15, -0.1) is 0 Å². The summed E-state index contributed by atoms with van der Waals surface area (Å²) in [7, 11) is 1.53. The maximum Gasteiger partial charge on any atom is 0.417 e. The van der Waals surface area contributed by atoms with E-state index < -0.39 is 54.3 Å². The van der Waals surface area contributed by atoms with Gasteiger partial charge in [0.2, 0.25) is 0 Å². The lowest BCUT2D eigenvalue weighted by Crippen LogP contribution is -2.57. The van der Waals surface area contributed by atoms with Crippen molar-refractivity contribution in [1.82, 2.24) is 19.7 Å². The van der Waals surface area contributed by atoms with Crippen molar-refractivity contribution in [2.75, 3.05) is 18.4 Å². The molecule has 3 heterocycles. The number of aromatic nitrogens is 3. The molecular formula is C24H23F6N5O. The minimum atomic E-state index is -4.54. The fraction of sp³-hybridized carbons (Fsp3) is 0.375. The minimum Gasteiger partial charge on any atom is -0.368 e. The van der Waals surface area contributed by atoms with Crippen molar-refractivity contribution in [3.05, 3.63) is 65.9 Å². The first-order valence-corrected chi connectivity index (χ1v) is 11.1. The molecule has 0 saturated carbocycles. The highest BCUT2D eigenvalue weighted by Crippen LogP contribution is 2.36. The van der Waals surface area contributed by atoms with Crippen LogP contribution in [0, 0.1) is 11.7 Å². The Labute approximate surface area is 202 Å². The zero-order valence-corrected chi connectivity index (χ0v) is 19.4. The lowest BCUT2D eigenvalue weighted by molar-refractivity contribution is -0.137. The fourth-order valence-electron chi connectivity index (χ4n) is 4.41. The molecule has 6 nitrogen and oxygen atoms in total. The van der Waals surface area contributed by atoms with Gasteiger partial charge < -0.3 is 10.2 Å². The number of hydrogen-bond acceptors (Lipinski definition) is 4. The highest BCUT2D eigenvalue weighted by molar-refractivity contribution is 5.99. The number of pyridine rings is 1. The van der Waals surface area contributed by atoms with E-state index in [-0.39, 0.29) is 29.2 Å². The molecule has 1 N–H and O–H groups in total. The van der Waals surface area contributed by atoms with Gasteiger partial charge in [0.05, 0.1) is 18.2 Å². The number of halogens is 6. The monoisotopic (exact) mass is 511 g/mol. The molecule has 1 aromatic carbocycles. The molecular weight excluding hydrogens is 488 g/mol. The normalized spacial score (nSPS) is 19.8. The molecule has 12 heteroatoms. The number of nitrogens with zero attached hydrogens (tertiary/aromatic N) is 4. The van der Waals surface area contributed by atoms with Gasteiger partial charge in [0.15, 0.2) is 5.69 Å². The van der Waals surface area contributed by atoms with E-state index >= 15 is 0 Å². The first kappa shape index (κ1) is 25.5. The van der Waals surface area contributed by atoms with E-state index in [1.807, 2.05) is 0 Å². The van der Waals surface area contributed by atoms with Crippen LogP contribution in [0.4, 0.5) is 32.2 Å². The van der Waals surface area contributed by atoms with E-state index in [2.05, 4.69) is 15.4 Å². The maximum absolute atomic E-state index is 14.5. The van der Waals surface area contributed by atoms with E-state index in [1.54, 1.807) is 13.0 Å². The van der Waals surface area contributed by atoms with Crippen molar-refractivity contribution < 1.29 is 31.1 Å². The Morgan fingerprint density at radius 3 is 2.53 bits per heavy atom. The van der Waals surface area contributed by atoms with Crippen molar-refractivity contribution in [3.8, 4) is 11.1 Å². The summed E-state index contributed by atoms with van der Waals surface area (Å²) in [5.41, 5.74) is -0.829. The minimum absolute atomic E-state index is 0.0385. The van der Waals surface area contributed by atoms with Crippen molar-refractivity contribution in [1.29, 1.82) is 0 Å². The molecule has 1 fully saturated rings. The summed E-state index contributed by atoms with van der Waals surface area (Å²) < 4.78 is 83.3. The largest absolute Gasteiger partial charge is 0.417 e. The Morgan fingerprint density at radius 1 is 1.17 bits per heavy atom. The molecule has 0 bridgehead atoms. The zero-order valence-electron chi connectivity index (χ0n) is 19.4. The molecule has 1 amide bonds. The smallest absolute Gasteiger partial charge is 0.368 e. The first-order valence-electron chi connectivity index (χ1n) is 11.1. The molecule has 3 aromatic rings. The Kier molecular flexibility index (Phi) is 6.72. The van der Waals surface area contributed by atoms with Crippen molar-refractivity contribution in [2.45, 2.75) is 31.5 Å². The maximum atomic E-state index is 14.5. The third-order valence-electron chi connectivity index (χ3n) is 6.12. The van der Waals surface area contributed by atoms with Gasteiger partial charge in [-0.2, -0.15) is 18.3 Å². The number of hydrogen-bond donors (Lipinski definition) is 1. The van der Waals surface area contributed by atoms with Gasteiger partial charge in [-0.1, -0.05) is 25.1 Å². The van der Waals surface area contributed by atoms with Crippen LogP contribution >= 0.6 is 0 Å². The summed E-state index contributed by atoms with van der Waals surface area (Å²) in [6.07, 6.45) is -2.92. The van der Waals surface area contributed by atoms with Crippen LogP contribution in [0.5, 0.6) is 0 Å². The molecule has 1 aliphatic heterocycles. The zero-order chi connectivity index (χ0) is 26.3. The van der Waals surface area contributed by atoms with Gasteiger partial charge in [0, 0.05) is 43.5 Å². The molecule has 1 saturated heterocycles. The van der Waals surface area contributed by atoms with Gasteiger partial charge in [0.25, 0.3) is 11.8 Å². The van der Waals surface area contributed by atoms with Crippen LogP contribution in [0.3, 0.4) is 0 Å². The van der Waals surface area contributed by atoms with Crippen LogP contribution in [-0.4, -0.2) is 50.6 Å². The summed E-state index contributed by atoms with van der Waals surface area (Å²) in [5, 5.41) is 6.98. The second kappa shape index (κ2) is 9.47. The molecule has 2 atom stereocenters. The van der Waals surface area contributed by atoms with E-state index in [0.717, 1.165) is 17.0 Å². The summed E-state index contributed by atoms with van der Waals surface area (Å²) in [6, 6.07) is 6.98. The molecule has 2 aromatic heterocycles. The van der Waals surface area contributed by atoms with Crippen LogP contribution in [0.25, 0.3) is 11.1 Å². The number of benzene rings is 1. The average molecular weight is 511 g/mol. The Hall–Kier alpha value is -3.57. The summed E-state index contributed by atoms with van der Waals surface area (Å²) >= 11 is 0. The quantitative estimate of drug-likeness (QED) is 0.476. The second-order valence-electron chi connectivity index (χ2n) is 8.89. The molecule has 1 unspecified atom stereocenters. The molecule has 0 spiro atoms. The van der Waals surface area contributed by atoms with Gasteiger partial charge in [-0.3, -0.25) is 9.48 Å². The van der Waals surface area contributed by atoms with Gasteiger partial charge in [-0.05, 0) is 24.1 Å². The Balaban J connectivity index is 1.62. The predicted octanol–water partition coefficient (Wildman–Crippen LogP) is 5.24. The van der Waals surface area contributed by atoms with Gasteiger partial charge in [-0.25, -0.2) is 18.2 Å². The molecule has 1 aliphatic rings. The van der Waals surface area contributed by atoms with E-state index in [4.69, 9.17) is 0 Å². The molecule has 192 valence electrons. The van der Waals surface area contributed by atoms with Crippen molar-refractivity contribution >= 4 is 11.7 Å². The number of aryl methyl sites for hydroxylation is 1. The summed E-state index contributed by atoms with van der Waals surface area (Å²) in [6.45, 7) is 0.648. The summed E-state index contributed by atoms with van der Waals surface area (Å²) in [5.74, 6) is -5.12. The van der Waals surface area contributed by atoms with E-state index in [9.17, 15) is 31.1 Å². The number of amides is 1. The van der Waals surface area contributed by atoms with Gasteiger partial charge in [0.1, 0.15) is 11.6 Å². The van der Waals surface area contributed by atoms with Crippen LogP contribution in [0.1, 0.15) is 29.4 Å². The standard InChI is InChI=1S/C24H23F6N5O/c1-14-9-23(26,27)13-35(19(14)11-32-20-8-7-15(10-31-20)24(28,29)30)22(36)21-17(12-34(2)33-21)16-5-3-4-6-18(16)25/h3-8,10,12,14,19H,9,11,13H2,1-2H3,(H,31,32)/t14-,19?/m1/s1. The molecule has 0 radical (unpaired) electrons. The fourth-order valence-corrected chi connectivity index (χ4v) is 4.41. The molecule has 4 rings (SSSR count). The van der Waals surface area contributed by atoms with E-state index in [0.29, 0.717) is 6.20 Å². The highest BCUT2D eigenvalue weighted by atomic mass is 19.4. The lowest BCUT2D eigenvalue weighted by Gasteiger charge is -2.43. The lowest BCUT2D eigenvalue weighted by atomic mass is 9.88. The Morgan fingerprint density at radius 2 is 1.89 bits per heavy atom. The third kappa shape index (κ3) is 5.31.